The first-order valence-corrected chi connectivity index (χ1v) is 18.4. The van der Waals surface area contributed by atoms with Crippen molar-refractivity contribution in [1.82, 2.24) is 29.7 Å². The summed E-state index contributed by atoms with van der Waals surface area (Å²) in [5.74, 6) is -1.00. The summed E-state index contributed by atoms with van der Waals surface area (Å²) in [5, 5.41) is 5.53. The van der Waals surface area contributed by atoms with Crippen LogP contribution in [0.5, 0.6) is 0 Å². The summed E-state index contributed by atoms with van der Waals surface area (Å²) >= 11 is 0. The summed E-state index contributed by atoms with van der Waals surface area (Å²) in [6.45, 7) is 12.4. The molecule has 2 N–H and O–H groups in total. The van der Waals surface area contributed by atoms with E-state index in [0.717, 1.165) is 43.4 Å². The molecule has 2 aliphatic heterocycles. The molecule has 1 aromatic carbocycles. The fraction of sp³-hybridized carbons (Fsp3) is 0.513. The number of fused-ring (bicyclic) bond motifs is 2. The van der Waals surface area contributed by atoms with Crippen molar-refractivity contribution in [3.8, 4) is 11.3 Å². The van der Waals surface area contributed by atoms with E-state index < -0.39 is 29.1 Å². The standard InChI is InChI=1S/C39H45F3N8O2/c1-22(2)49-21-44-29-17-27(45-33(31(29)49)46-28-15-23(9-10-26(28)40)34(51)47-39(11-12-39)35(41)42)24-16-30-32(43-20-24)37(3,4)36(52)50(30)25-18-38(5,19-25)48-13-7-6-8-14-48/h9-10,15-17,20-22,25,35H,6-8,11-14,18-19H2,1-5H3,(H,45,46)(H,47,51). The molecule has 0 bridgehead atoms. The number of anilines is 3. The first-order chi connectivity index (χ1) is 24.7. The van der Waals surface area contributed by atoms with Crippen LogP contribution in [0, 0.1) is 5.82 Å². The van der Waals surface area contributed by atoms with Crippen LogP contribution < -0.4 is 15.5 Å². The number of benzene rings is 1. The zero-order chi connectivity index (χ0) is 36.7. The molecule has 10 nitrogen and oxygen atoms in total. The van der Waals surface area contributed by atoms with Crippen LogP contribution in [0.1, 0.15) is 102 Å². The lowest BCUT2D eigenvalue weighted by Gasteiger charge is -2.55. The van der Waals surface area contributed by atoms with Gasteiger partial charge in [0.25, 0.3) is 12.3 Å². The average Bonchev–Trinajstić information content (AvgIpc) is 3.71. The largest absolute Gasteiger partial charge is 0.341 e. The number of rotatable bonds is 9. The highest BCUT2D eigenvalue weighted by atomic mass is 19.3. The molecule has 274 valence electrons. The minimum atomic E-state index is -2.69. The zero-order valence-corrected chi connectivity index (χ0v) is 30.3. The summed E-state index contributed by atoms with van der Waals surface area (Å²) in [7, 11) is 0. The van der Waals surface area contributed by atoms with Gasteiger partial charge in [-0.3, -0.25) is 19.5 Å². The van der Waals surface area contributed by atoms with Crippen molar-refractivity contribution in [3.63, 3.8) is 0 Å². The number of nitrogens with zero attached hydrogens (tertiary/aromatic N) is 6. The van der Waals surface area contributed by atoms with Gasteiger partial charge < -0.3 is 20.1 Å². The predicted molar refractivity (Wildman–Crippen MR) is 194 cm³/mol. The molecule has 2 amide bonds. The third kappa shape index (κ3) is 5.62. The molecule has 4 aliphatic rings. The quantitative estimate of drug-likeness (QED) is 0.185. The minimum Gasteiger partial charge on any atom is -0.341 e. The van der Waals surface area contributed by atoms with Crippen molar-refractivity contribution in [3.05, 3.63) is 59.9 Å². The van der Waals surface area contributed by atoms with Gasteiger partial charge in [0.05, 0.1) is 40.0 Å². The number of amides is 2. The number of alkyl halides is 2. The number of pyridine rings is 2. The number of carbonyl (C=O) groups is 2. The molecule has 1 saturated heterocycles. The number of hydrogen-bond donors (Lipinski definition) is 2. The molecule has 5 heterocycles. The van der Waals surface area contributed by atoms with Crippen molar-refractivity contribution >= 4 is 40.0 Å². The number of nitrogens with one attached hydrogen (secondary N) is 2. The monoisotopic (exact) mass is 714 g/mol. The zero-order valence-electron chi connectivity index (χ0n) is 30.3. The van der Waals surface area contributed by atoms with E-state index in [1.807, 2.05) is 49.3 Å². The molecule has 0 unspecified atom stereocenters. The Balaban J connectivity index is 1.14. The molecule has 2 aliphatic carbocycles. The maximum absolute atomic E-state index is 15.4. The molecular formula is C39H45F3N8O2. The molecule has 4 aromatic rings. The third-order valence-electron chi connectivity index (χ3n) is 11.8. The van der Waals surface area contributed by atoms with E-state index in [1.165, 1.54) is 31.4 Å². The number of halogens is 3. The maximum atomic E-state index is 15.4. The van der Waals surface area contributed by atoms with Gasteiger partial charge in [-0.2, -0.15) is 0 Å². The van der Waals surface area contributed by atoms with Crippen LogP contribution in [0.3, 0.4) is 0 Å². The molecule has 13 heteroatoms. The van der Waals surface area contributed by atoms with Crippen LogP contribution in [0.15, 0.2) is 42.9 Å². The van der Waals surface area contributed by atoms with Gasteiger partial charge in [-0.1, -0.05) is 6.42 Å². The molecule has 52 heavy (non-hydrogen) atoms. The molecule has 2 saturated carbocycles. The Hall–Kier alpha value is -4.52. The van der Waals surface area contributed by atoms with Crippen LogP contribution in [0.25, 0.3) is 22.3 Å². The predicted octanol–water partition coefficient (Wildman–Crippen LogP) is 7.52. The van der Waals surface area contributed by atoms with Crippen LogP contribution in [0.2, 0.25) is 0 Å². The number of piperidine rings is 1. The van der Waals surface area contributed by atoms with Crippen LogP contribution in [-0.2, 0) is 10.2 Å². The van der Waals surface area contributed by atoms with Gasteiger partial charge >= 0.3 is 0 Å². The van der Waals surface area contributed by atoms with E-state index in [1.54, 1.807) is 12.5 Å². The van der Waals surface area contributed by atoms with Gasteiger partial charge in [0.15, 0.2) is 5.82 Å². The van der Waals surface area contributed by atoms with E-state index in [9.17, 15) is 18.4 Å². The lowest BCUT2D eigenvalue weighted by Crippen LogP contribution is -2.64. The fourth-order valence-electron chi connectivity index (χ4n) is 8.37. The van der Waals surface area contributed by atoms with Gasteiger partial charge in [0.2, 0.25) is 5.91 Å². The normalized spacial score (nSPS) is 23.6. The molecule has 8 rings (SSSR count). The number of likely N-dealkylation sites (tertiary alicyclic amines) is 1. The highest BCUT2D eigenvalue weighted by Gasteiger charge is 2.55. The Morgan fingerprint density at radius 3 is 2.40 bits per heavy atom. The number of carbonyl (C=O) groups excluding carboxylic acids is 2. The highest BCUT2D eigenvalue weighted by Crippen LogP contribution is 2.50. The summed E-state index contributed by atoms with van der Waals surface area (Å²) in [4.78, 5) is 46.0. The van der Waals surface area contributed by atoms with Crippen molar-refractivity contribution < 1.29 is 22.8 Å². The van der Waals surface area contributed by atoms with E-state index in [-0.39, 0.29) is 47.6 Å². The molecule has 3 aromatic heterocycles. The molecular weight excluding hydrogens is 669 g/mol. The molecule has 0 spiro atoms. The summed E-state index contributed by atoms with van der Waals surface area (Å²) in [6.07, 6.45) is 6.60. The van der Waals surface area contributed by atoms with E-state index >= 15 is 4.39 Å². The molecule has 0 radical (unpaired) electrons. The maximum Gasteiger partial charge on any atom is 0.261 e. The first-order valence-electron chi connectivity index (χ1n) is 18.4. The smallest absolute Gasteiger partial charge is 0.261 e. The Morgan fingerprint density at radius 1 is 1.00 bits per heavy atom. The minimum absolute atomic E-state index is 0.00852. The Morgan fingerprint density at radius 2 is 1.73 bits per heavy atom. The van der Waals surface area contributed by atoms with Gasteiger partial charge in [0.1, 0.15) is 16.9 Å². The van der Waals surface area contributed by atoms with Crippen molar-refractivity contribution in [2.24, 2.45) is 0 Å². The summed E-state index contributed by atoms with van der Waals surface area (Å²) in [5.41, 5.74) is 1.70. The van der Waals surface area contributed by atoms with Gasteiger partial charge in [-0.25, -0.2) is 23.1 Å². The summed E-state index contributed by atoms with van der Waals surface area (Å²) < 4.78 is 44.4. The lowest BCUT2D eigenvalue weighted by atomic mass is 9.71. The average molecular weight is 715 g/mol. The van der Waals surface area contributed by atoms with Gasteiger partial charge in [-0.05, 0) is 117 Å². The van der Waals surface area contributed by atoms with E-state index in [4.69, 9.17) is 9.97 Å². The Bertz CT molecular complexity index is 2080. The van der Waals surface area contributed by atoms with Crippen molar-refractivity contribution in [1.29, 1.82) is 0 Å². The summed E-state index contributed by atoms with van der Waals surface area (Å²) in [6, 6.07) is 7.60. The number of imidazole rings is 1. The second-order valence-electron chi connectivity index (χ2n) is 16.2. The SMILES string of the molecule is CC(C)n1cnc2cc(-c3cnc4c(c3)N(C3CC(C)(N5CCCCC5)C3)C(=O)C4(C)C)nc(Nc3cc(C(=O)NC4(C(F)F)CC4)ccc3F)c21. The van der Waals surface area contributed by atoms with Crippen LogP contribution in [0.4, 0.5) is 30.4 Å². The number of hydrogen-bond acceptors (Lipinski definition) is 7. The highest BCUT2D eigenvalue weighted by molar-refractivity contribution is 6.08. The van der Waals surface area contributed by atoms with Gasteiger partial charge in [-0.15, -0.1) is 0 Å². The second kappa shape index (κ2) is 12.3. The Kier molecular flexibility index (Phi) is 8.16. The Labute approximate surface area is 301 Å². The number of aromatic nitrogens is 4. The van der Waals surface area contributed by atoms with Crippen molar-refractivity contribution in [2.45, 2.75) is 115 Å². The third-order valence-corrected chi connectivity index (χ3v) is 11.8. The second-order valence-corrected chi connectivity index (χ2v) is 16.2. The van der Waals surface area contributed by atoms with E-state index in [0.29, 0.717) is 28.1 Å². The molecule has 0 atom stereocenters. The lowest BCUT2D eigenvalue weighted by molar-refractivity contribution is -0.123. The topological polar surface area (TPSA) is 108 Å². The van der Waals surface area contributed by atoms with Crippen molar-refractivity contribution in [2.75, 3.05) is 23.3 Å². The molecule has 3 fully saturated rings. The fourth-order valence-corrected chi connectivity index (χ4v) is 8.37. The first kappa shape index (κ1) is 34.6. The van der Waals surface area contributed by atoms with Crippen LogP contribution >= 0.6 is 0 Å². The van der Waals surface area contributed by atoms with E-state index in [2.05, 4.69) is 27.4 Å². The van der Waals surface area contributed by atoms with Crippen LogP contribution in [-0.4, -0.2) is 72.9 Å². The van der Waals surface area contributed by atoms with Gasteiger partial charge in [0, 0.05) is 34.9 Å².